The summed E-state index contributed by atoms with van der Waals surface area (Å²) < 4.78 is 0. The molecule has 1 heterocycles. The fourth-order valence-corrected chi connectivity index (χ4v) is 3.41. The van der Waals surface area contributed by atoms with Gasteiger partial charge in [0.25, 0.3) is 0 Å². The Morgan fingerprint density at radius 3 is 2.63 bits per heavy atom. The van der Waals surface area contributed by atoms with Gasteiger partial charge in [0.15, 0.2) is 0 Å². The fraction of sp³-hybridized carbons (Fsp3) is 0.214. The largest absolute Gasteiger partial charge is 0.326 e. The van der Waals surface area contributed by atoms with Crippen molar-refractivity contribution in [2.45, 2.75) is 30.3 Å². The predicted octanol–water partition coefficient (Wildman–Crippen LogP) is 4.62. The normalized spacial score (nSPS) is 10.8. The van der Waals surface area contributed by atoms with E-state index < -0.39 is 0 Å². The van der Waals surface area contributed by atoms with E-state index in [0.717, 1.165) is 26.7 Å². The molecule has 5 heteroatoms. The first kappa shape index (κ1) is 14.7. The summed E-state index contributed by atoms with van der Waals surface area (Å²) in [5.74, 6) is 0. The topological polar surface area (TPSA) is 38.9 Å². The highest BCUT2D eigenvalue weighted by Gasteiger charge is 2.11. The van der Waals surface area contributed by atoms with Crippen LogP contribution in [0.25, 0.3) is 0 Å². The molecule has 2 rings (SSSR count). The Hall–Kier alpha value is -0.740. The Labute approximate surface area is 127 Å². The molecule has 2 N–H and O–H groups in total. The molecular formula is C14H14Cl2N2S. The molecule has 0 unspecified atom stereocenters. The van der Waals surface area contributed by atoms with Gasteiger partial charge in [-0.1, -0.05) is 35.0 Å². The van der Waals surface area contributed by atoms with Gasteiger partial charge in [-0.2, -0.15) is 0 Å². The number of rotatable bonds is 3. The Kier molecular flexibility index (Phi) is 4.74. The lowest BCUT2D eigenvalue weighted by molar-refractivity contribution is 0.922. The van der Waals surface area contributed by atoms with Crippen LogP contribution in [0.4, 0.5) is 0 Å². The first-order valence-corrected chi connectivity index (χ1v) is 7.38. The van der Waals surface area contributed by atoms with Gasteiger partial charge in [0.1, 0.15) is 5.03 Å². The highest BCUT2D eigenvalue weighted by Crippen LogP contribution is 2.36. The summed E-state index contributed by atoms with van der Waals surface area (Å²) in [6.07, 6.45) is 0. The summed E-state index contributed by atoms with van der Waals surface area (Å²) in [7, 11) is 0. The van der Waals surface area contributed by atoms with Crippen LogP contribution in [-0.2, 0) is 6.54 Å². The minimum atomic E-state index is 0.458. The van der Waals surface area contributed by atoms with Crippen molar-refractivity contribution in [2.24, 2.45) is 5.73 Å². The molecule has 0 aliphatic carbocycles. The molecule has 1 aromatic carbocycles. The number of nitrogens with two attached hydrogens (primary N) is 1. The zero-order chi connectivity index (χ0) is 14.0. The summed E-state index contributed by atoms with van der Waals surface area (Å²) in [5.41, 5.74) is 8.98. The smallest absolute Gasteiger partial charge is 0.106 e. The average molecular weight is 313 g/mol. The standard InChI is InChI=1S/C14H14Cl2N2S/c1-8-5-9(2)18-14(11(8)7-17)19-13-6-10(15)3-4-12(13)16/h3-6H,7,17H2,1-2H3. The molecule has 0 saturated heterocycles. The molecular weight excluding hydrogens is 299 g/mol. The molecule has 1 aromatic heterocycles. The molecule has 0 atom stereocenters. The number of nitrogens with zero attached hydrogens (tertiary/aromatic N) is 1. The Morgan fingerprint density at radius 2 is 1.95 bits per heavy atom. The SMILES string of the molecule is Cc1cc(C)c(CN)c(Sc2cc(Cl)ccc2Cl)n1. The lowest BCUT2D eigenvalue weighted by atomic mass is 10.1. The van der Waals surface area contributed by atoms with Gasteiger partial charge >= 0.3 is 0 Å². The van der Waals surface area contributed by atoms with Crippen LogP contribution in [0.2, 0.25) is 10.0 Å². The van der Waals surface area contributed by atoms with Crippen molar-refractivity contribution < 1.29 is 0 Å². The van der Waals surface area contributed by atoms with Crippen molar-refractivity contribution in [1.29, 1.82) is 0 Å². The highest BCUT2D eigenvalue weighted by atomic mass is 35.5. The van der Waals surface area contributed by atoms with E-state index in [4.69, 9.17) is 28.9 Å². The van der Waals surface area contributed by atoms with Crippen molar-refractivity contribution in [1.82, 2.24) is 4.98 Å². The molecule has 0 radical (unpaired) electrons. The number of hydrogen-bond acceptors (Lipinski definition) is 3. The second-order valence-corrected chi connectivity index (χ2v) is 6.12. The molecule has 0 spiro atoms. The number of aromatic nitrogens is 1. The van der Waals surface area contributed by atoms with Crippen molar-refractivity contribution in [3.05, 3.63) is 51.1 Å². The molecule has 100 valence electrons. The van der Waals surface area contributed by atoms with Crippen LogP contribution >= 0.6 is 35.0 Å². The van der Waals surface area contributed by atoms with Gasteiger partial charge in [-0.05, 0) is 43.7 Å². The van der Waals surface area contributed by atoms with E-state index >= 15 is 0 Å². The molecule has 19 heavy (non-hydrogen) atoms. The average Bonchev–Trinajstić information content (AvgIpc) is 2.33. The molecule has 2 nitrogen and oxygen atoms in total. The van der Waals surface area contributed by atoms with Gasteiger partial charge in [-0.15, -0.1) is 0 Å². The molecule has 0 aliphatic heterocycles. The van der Waals surface area contributed by atoms with E-state index in [2.05, 4.69) is 4.98 Å². The van der Waals surface area contributed by atoms with Gasteiger partial charge in [-0.25, -0.2) is 4.98 Å². The summed E-state index contributed by atoms with van der Waals surface area (Å²) >= 11 is 13.7. The lowest BCUT2D eigenvalue weighted by Crippen LogP contribution is -2.04. The van der Waals surface area contributed by atoms with E-state index in [-0.39, 0.29) is 0 Å². The first-order chi connectivity index (χ1) is 9.01. The maximum atomic E-state index is 6.18. The van der Waals surface area contributed by atoms with Crippen molar-refractivity contribution >= 4 is 35.0 Å². The van der Waals surface area contributed by atoms with Gasteiger partial charge in [0.05, 0.1) is 5.02 Å². The summed E-state index contributed by atoms with van der Waals surface area (Å²) in [5, 5.41) is 2.22. The van der Waals surface area contributed by atoms with Crippen LogP contribution < -0.4 is 5.73 Å². The van der Waals surface area contributed by atoms with Crippen molar-refractivity contribution in [3.8, 4) is 0 Å². The van der Waals surface area contributed by atoms with Crippen molar-refractivity contribution in [3.63, 3.8) is 0 Å². The van der Waals surface area contributed by atoms with Crippen LogP contribution in [0.15, 0.2) is 34.2 Å². The second kappa shape index (κ2) is 6.14. The second-order valence-electron chi connectivity index (χ2n) is 4.25. The zero-order valence-corrected chi connectivity index (χ0v) is 13.0. The van der Waals surface area contributed by atoms with Crippen molar-refractivity contribution in [2.75, 3.05) is 0 Å². The summed E-state index contributed by atoms with van der Waals surface area (Å²) in [4.78, 5) is 5.44. The molecule has 0 aliphatic rings. The van der Waals surface area contributed by atoms with E-state index in [9.17, 15) is 0 Å². The monoisotopic (exact) mass is 312 g/mol. The van der Waals surface area contributed by atoms with Crippen LogP contribution in [0.1, 0.15) is 16.8 Å². The van der Waals surface area contributed by atoms with Crippen LogP contribution in [-0.4, -0.2) is 4.98 Å². The fourth-order valence-electron chi connectivity index (χ4n) is 1.82. The summed E-state index contributed by atoms with van der Waals surface area (Å²) in [6, 6.07) is 7.43. The number of hydrogen-bond donors (Lipinski definition) is 1. The minimum Gasteiger partial charge on any atom is -0.326 e. The number of pyridine rings is 1. The van der Waals surface area contributed by atoms with Gasteiger partial charge < -0.3 is 5.73 Å². The third-order valence-corrected chi connectivity index (χ3v) is 4.51. The molecule has 0 bridgehead atoms. The quantitative estimate of drug-likeness (QED) is 0.899. The van der Waals surface area contributed by atoms with Crippen LogP contribution in [0.3, 0.4) is 0 Å². The maximum absolute atomic E-state index is 6.18. The molecule has 2 aromatic rings. The van der Waals surface area contributed by atoms with E-state index in [0.29, 0.717) is 16.6 Å². The molecule has 0 saturated carbocycles. The lowest BCUT2D eigenvalue weighted by Gasteiger charge is -2.12. The van der Waals surface area contributed by atoms with Gasteiger partial charge in [0, 0.05) is 27.7 Å². The minimum absolute atomic E-state index is 0.458. The van der Waals surface area contributed by atoms with Crippen LogP contribution in [0, 0.1) is 13.8 Å². The Morgan fingerprint density at radius 1 is 1.21 bits per heavy atom. The maximum Gasteiger partial charge on any atom is 0.106 e. The van der Waals surface area contributed by atoms with E-state index in [1.807, 2.05) is 26.0 Å². The van der Waals surface area contributed by atoms with E-state index in [1.165, 1.54) is 11.8 Å². The number of halogens is 2. The van der Waals surface area contributed by atoms with E-state index in [1.54, 1.807) is 12.1 Å². The number of aryl methyl sites for hydroxylation is 2. The third kappa shape index (κ3) is 3.42. The highest BCUT2D eigenvalue weighted by molar-refractivity contribution is 7.99. The first-order valence-electron chi connectivity index (χ1n) is 5.81. The van der Waals surface area contributed by atoms with Gasteiger partial charge in [0.2, 0.25) is 0 Å². The Balaban J connectivity index is 2.45. The molecule has 0 fully saturated rings. The third-order valence-electron chi connectivity index (χ3n) is 2.74. The Bertz CT molecular complexity index is 615. The van der Waals surface area contributed by atoms with Gasteiger partial charge in [-0.3, -0.25) is 0 Å². The molecule has 0 amide bonds. The number of benzene rings is 1. The van der Waals surface area contributed by atoms with Crippen LogP contribution in [0.5, 0.6) is 0 Å². The zero-order valence-electron chi connectivity index (χ0n) is 10.7. The predicted molar refractivity (Wildman–Crippen MR) is 82.2 cm³/mol. The summed E-state index contributed by atoms with van der Waals surface area (Å²) in [6.45, 7) is 4.47.